The molecule has 0 heterocycles. The van der Waals surface area contributed by atoms with Crippen molar-refractivity contribution in [2.75, 3.05) is 20.8 Å². The molecule has 0 aromatic heterocycles. The van der Waals surface area contributed by atoms with E-state index in [2.05, 4.69) is 5.32 Å². The summed E-state index contributed by atoms with van der Waals surface area (Å²) in [5.74, 6) is 1.76. The zero-order chi connectivity index (χ0) is 13.7. The van der Waals surface area contributed by atoms with Crippen LogP contribution in [0.4, 0.5) is 0 Å². The zero-order valence-electron chi connectivity index (χ0n) is 11.9. The van der Waals surface area contributed by atoms with Crippen LogP contribution < -0.4 is 14.8 Å². The predicted octanol–water partition coefficient (Wildman–Crippen LogP) is 2.36. The van der Waals surface area contributed by atoms with Crippen molar-refractivity contribution in [3.05, 3.63) is 23.8 Å². The molecular formula is C15H23NO3. The van der Waals surface area contributed by atoms with E-state index in [-0.39, 0.29) is 6.10 Å². The monoisotopic (exact) mass is 265 g/mol. The molecule has 2 rings (SSSR count). The first-order chi connectivity index (χ1) is 9.22. The van der Waals surface area contributed by atoms with E-state index < -0.39 is 0 Å². The molecule has 0 radical (unpaired) electrons. The molecule has 1 atom stereocenters. The molecule has 1 unspecified atom stereocenters. The molecule has 1 saturated carbocycles. The van der Waals surface area contributed by atoms with Crippen LogP contribution in [0.5, 0.6) is 11.5 Å². The summed E-state index contributed by atoms with van der Waals surface area (Å²) in [5, 5.41) is 3.50. The van der Waals surface area contributed by atoms with Gasteiger partial charge in [0.2, 0.25) is 0 Å². The zero-order valence-corrected chi connectivity index (χ0v) is 11.9. The third kappa shape index (κ3) is 4.40. The van der Waals surface area contributed by atoms with Gasteiger partial charge in [-0.3, -0.25) is 0 Å². The Bertz CT molecular complexity index is 404. The summed E-state index contributed by atoms with van der Waals surface area (Å²) in [4.78, 5) is 0. The third-order valence-electron chi connectivity index (χ3n) is 3.30. The Hall–Kier alpha value is -1.26. The first kappa shape index (κ1) is 14.2. The topological polar surface area (TPSA) is 39.7 Å². The van der Waals surface area contributed by atoms with Gasteiger partial charge < -0.3 is 19.5 Å². The lowest BCUT2D eigenvalue weighted by Crippen LogP contribution is -2.19. The van der Waals surface area contributed by atoms with Crippen molar-refractivity contribution < 1.29 is 14.2 Å². The second-order valence-corrected chi connectivity index (χ2v) is 4.99. The van der Waals surface area contributed by atoms with Crippen LogP contribution in [-0.2, 0) is 11.3 Å². The molecule has 106 valence electrons. The van der Waals surface area contributed by atoms with Crippen molar-refractivity contribution in [1.82, 2.24) is 5.32 Å². The molecule has 1 fully saturated rings. The molecule has 1 aliphatic rings. The number of hydrogen-bond acceptors (Lipinski definition) is 4. The summed E-state index contributed by atoms with van der Waals surface area (Å²) in [7, 11) is 3.37. The van der Waals surface area contributed by atoms with Crippen molar-refractivity contribution in [2.24, 2.45) is 0 Å². The summed E-state index contributed by atoms with van der Waals surface area (Å²) < 4.78 is 16.3. The fourth-order valence-electron chi connectivity index (χ4n) is 1.78. The molecule has 0 amide bonds. The highest BCUT2D eigenvalue weighted by molar-refractivity contribution is 5.40. The van der Waals surface area contributed by atoms with Crippen LogP contribution in [0.1, 0.15) is 25.3 Å². The number of ether oxygens (including phenoxy) is 3. The van der Waals surface area contributed by atoms with Crippen LogP contribution >= 0.6 is 0 Å². The molecular weight excluding hydrogens is 242 g/mol. The van der Waals surface area contributed by atoms with Gasteiger partial charge >= 0.3 is 0 Å². The van der Waals surface area contributed by atoms with E-state index >= 15 is 0 Å². The molecule has 0 spiro atoms. The van der Waals surface area contributed by atoms with E-state index in [4.69, 9.17) is 14.2 Å². The Morgan fingerprint density at radius 2 is 2.11 bits per heavy atom. The fourth-order valence-corrected chi connectivity index (χ4v) is 1.78. The Balaban J connectivity index is 2.01. The summed E-state index contributed by atoms with van der Waals surface area (Å²) in [6, 6.07) is 6.60. The summed E-state index contributed by atoms with van der Waals surface area (Å²) in [5.41, 5.74) is 1.13. The molecule has 19 heavy (non-hydrogen) atoms. The van der Waals surface area contributed by atoms with E-state index in [9.17, 15) is 0 Å². The first-order valence-corrected chi connectivity index (χ1v) is 6.79. The highest BCUT2D eigenvalue weighted by Gasteiger charge is 2.20. The minimum absolute atomic E-state index is 0.0892. The van der Waals surface area contributed by atoms with Crippen LogP contribution in [0, 0.1) is 0 Å². The Morgan fingerprint density at radius 3 is 2.74 bits per heavy atom. The number of methoxy groups -OCH3 is 2. The van der Waals surface area contributed by atoms with Gasteiger partial charge in [0.05, 0.1) is 13.2 Å². The van der Waals surface area contributed by atoms with E-state index in [0.717, 1.165) is 23.6 Å². The van der Waals surface area contributed by atoms with Crippen molar-refractivity contribution in [1.29, 1.82) is 0 Å². The van der Waals surface area contributed by atoms with E-state index in [1.807, 2.05) is 25.1 Å². The molecule has 4 heteroatoms. The summed E-state index contributed by atoms with van der Waals surface area (Å²) in [6.45, 7) is 3.36. The van der Waals surface area contributed by atoms with Crippen LogP contribution in [-0.4, -0.2) is 33.0 Å². The largest absolute Gasteiger partial charge is 0.497 e. The van der Waals surface area contributed by atoms with Crippen LogP contribution in [0.25, 0.3) is 0 Å². The van der Waals surface area contributed by atoms with Crippen LogP contribution in [0.3, 0.4) is 0 Å². The van der Waals surface area contributed by atoms with Crippen molar-refractivity contribution >= 4 is 0 Å². The Kier molecular flexibility index (Phi) is 5.05. The molecule has 1 N–H and O–H groups in total. The molecule has 0 aliphatic heterocycles. The number of rotatable bonds is 8. The summed E-state index contributed by atoms with van der Waals surface area (Å²) >= 11 is 0. The second kappa shape index (κ2) is 6.78. The second-order valence-electron chi connectivity index (χ2n) is 4.99. The smallest absolute Gasteiger partial charge is 0.124 e. The SMILES string of the molecule is COc1ccc(OCC(C)OC)c(CNC2CC2)c1. The lowest BCUT2D eigenvalue weighted by molar-refractivity contribution is 0.0712. The number of nitrogens with one attached hydrogen (secondary N) is 1. The van der Waals surface area contributed by atoms with Crippen molar-refractivity contribution in [3.63, 3.8) is 0 Å². The van der Waals surface area contributed by atoms with Gasteiger partial charge in [0.15, 0.2) is 0 Å². The van der Waals surface area contributed by atoms with Crippen LogP contribution in [0.2, 0.25) is 0 Å². The Morgan fingerprint density at radius 1 is 1.32 bits per heavy atom. The summed E-state index contributed by atoms with van der Waals surface area (Å²) in [6.07, 6.45) is 2.65. The lowest BCUT2D eigenvalue weighted by atomic mass is 10.2. The maximum atomic E-state index is 5.82. The maximum absolute atomic E-state index is 5.82. The van der Waals surface area contributed by atoms with Crippen molar-refractivity contribution in [3.8, 4) is 11.5 Å². The average Bonchev–Trinajstić information content (AvgIpc) is 3.26. The van der Waals surface area contributed by atoms with E-state index in [1.165, 1.54) is 12.8 Å². The van der Waals surface area contributed by atoms with Gasteiger partial charge in [0, 0.05) is 25.3 Å². The number of benzene rings is 1. The molecule has 1 aliphatic carbocycles. The van der Waals surface area contributed by atoms with Gasteiger partial charge in [-0.1, -0.05) is 0 Å². The standard InChI is InChI=1S/C15H23NO3/c1-11(17-2)10-19-15-7-6-14(18-3)8-12(15)9-16-13-4-5-13/h6-8,11,13,16H,4-5,9-10H2,1-3H3. The molecule has 1 aromatic carbocycles. The quantitative estimate of drug-likeness (QED) is 0.783. The van der Waals surface area contributed by atoms with Gasteiger partial charge in [-0.25, -0.2) is 0 Å². The fraction of sp³-hybridized carbons (Fsp3) is 0.600. The molecule has 0 saturated heterocycles. The third-order valence-corrected chi connectivity index (χ3v) is 3.30. The average molecular weight is 265 g/mol. The van der Waals surface area contributed by atoms with Gasteiger partial charge in [0.1, 0.15) is 18.1 Å². The molecule has 1 aromatic rings. The lowest BCUT2D eigenvalue weighted by Gasteiger charge is -2.16. The van der Waals surface area contributed by atoms with E-state index in [1.54, 1.807) is 14.2 Å². The first-order valence-electron chi connectivity index (χ1n) is 6.79. The van der Waals surface area contributed by atoms with Gasteiger partial charge in [-0.15, -0.1) is 0 Å². The van der Waals surface area contributed by atoms with E-state index in [0.29, 0.717) is 12.6 Å². The number of hydrogen-bond donors (Lipinski definition) is 1. The minimum Gasteiger partial charge on any atom is -0.497 e. The van der Waals surface area contributed by atoms with Gasteiger partial charge in [0.25, 0.3) is 0 Å². The highest BCUT2D eigenvalue weighted by Crippen LogP contribution is 2.26. The molecule has 4 nitrogen and oxygen atoms in total. The predicted molar refractivity (Wildman–Crippen MR) is 74.8 cm³/mol. The molecule has 0 bridgehead atoms. The normalized spacial score (nSPS) is 16.2. The maximum Gasteiger partial charge on any atom is 0.124 e. The van der Waals surface area contributed by atoms with Gasteiger partial charge in [-0.2, -0.15) is 0 Å². The minimum atomic E-state index is 0.0892. The van der Waals surface area contributed by atoms with Crippen molar-refractivity contribution in [2.45, 2.75) is 38.5 Å². The van der Waals surface area contributed by atoms with Gasteiger partial charge in [-0.05, 0) is 38.0 Å². The Labute approximate surface area is 115 Å². The van der Waals surface area contributed by atoms with Crippen LogP contribution in [0.15, 0.2) is 18.2 Å². The highest BCUT2D eigenvalue weighted by atomic mass is 16.5.